The minimum atomic E-state index is -0.523. The number of carbonyl (C=O) groups is 2. The van der Waals surface area contributed by atoms with Gasteiger partial charge in [-0.25, -0.2) is 4.79 Å². The molecule has 2 amide bonds. The standard InChI is InChI=1S/C21H40N6O3/c1-15(2)17(25-20(29)30-21(3,4)5)13-23-19(22-6)27-11-9-26(10-12-27)14-18(28)24-16-7-8-16/h15-17H,7-14H2,1-6H3,(H,22,23)(H,24,28)(H,25,29). The van der Waals surface area contributed by atoms with E-state index in [-0.39, 0.29) is 17.9 Å². The van der Waals surface area contributed by atoms with Crippen LogP contribution in [0.4, 0.5) is 4.79 Å². The normalized spacial score (nSPS) is 19.4. The Morgan fingerprint density at radius 1 is 1.13 bits per heavy atom. The van der Waals surface area contributed by atoms with Gasteiger partial charge in [-0.05, 0) is 39.5 Å². The second-order valence-corrected chi connectivity index (χ2v) is 9.53. The highest BCUT2D eigenvalue weighted by Crippen LogP contribution is 2.18. The summed E-state index contributed by atoms with van der Waals surface area (Å²) >= 11 is 0. The summed E-state index contributed by atoms with van der Waals surface area (Å²) in [5.41, 5.74) is -0.523. The molecule has 2 aliphatic rings. The van der Waals surface area contributed by atoms with E-state index in [0.29, 0.717) is 19.1 Å². The van der Waals surface area contributed by atoms with Crippen LogP contribution in [-0.4, -0.2) is 91.8 Å². The molecule has 30 heavy (non-hydrogen) atoms. The van der Waals surface area contributed by atoms with Crippen LogP contribution in [0.5, 0.6) is 0 Å². The molecule has 0 aromatic carbocycles. The van der Waals surface area contributed by atoms with Crippen LogP contribution in [0, 0.1) is 5.92 Å². The van der Waals surface area contributed by atoms with E-state index in [2.05, 4.69) is 44.6 Å². The number of nitrogens with one attached hydrogen (secondary N) is 3. The van der Waals surface area contributed by atoms with Crippen molar-refractivity contribution in [2.24, 2.45) is 10.9 Å². The number of hydrogen-bond acceptors (Lipinski definition) is 5. The summed E-state index contributed by atoms with van der Waals surface area (Å²) in [5.74, 6) is 1.18. The highest BCUT2D eigenvalue weighted by molar-refractivity contribution is 5.80. The number of hydrogen-bond donors (Lipinski definition) is 3. The van der Waals surface area contributed by atoms with E-state index in [1.807, 2.05) is 20.8 Å². The van der Waals surface area contributed by atoms with Crippen LogP contribution in [0.25, 0.3) is 0 Å². The Bertz CT molecular complexity index is 604. The molecule has 9 heteroatoms. The Morgan fingerprint density at radius 2 is 1.77 bits per heavy atom. The van der Waals surface area contributed by atoms with E-state index in [9.17, 15) is 9.59 Å². The number of nitrogens with zero attached hydrogens (tertiary/aromatic N) is 3. The van der Waals surface area contributed by atoms with E-state index in [1.54, 1.807) is 7.05 Å². The van der Waals surface area contributed by atoms with Crippen molar-refractivity contribution < 1.29 is 14.3 Å². The van der Waals surface area contributed by atoms with Crippen molar-refractivity contribution >= 4 is 18.0 Å². The van der Waals surface area contributed by atoms with E-state index >= 15 is 0 Å². The zero-order chi connectivity index (χ0) is 22.3. The van der Waals surface area contributed by atoms with Gasteiger partial charge in [0.25, 0.3) is 0 Å². The molecular weight excluding hydrogens is 384 g/mol. The summed E-state index contributed by atoms with van der Waals surface area (Å²) in [6.07, 6.45) is 1.82. The molecule has 2 fully saturated rings. The zero-order valence-corrected chi connectivity index (χ0v) is 19.5. The van der Waals surface area contributed by atoms with Gasteiger partial charge < -0.3 is 25.6 Å². The summed E-state index contributed by atoms with van der Waals surface area (Å²) in [5, 5.41) is 9.39. The van der Waals surface area contributed by atoms with E-state index in [4.69, 9.17) is 4.74 Å². The van der Waals surface area contributed by atoms with Gasteiger partial charge in [-0.2, -0.15) is 0 Å². The van der Waals surface area contributed by atoms with Gasteiger partial charge in [0.1, 0.15) is 5.60 Å². The van der Waals surface area contributed by atoms with Crippen molar-refractivity contribution in [3.8, 4) is 0 Å². The van der Waals surface area contributed by atoms with Crippen LogP contribution in [0.15, 0.2) is 4.99 Å². The summed E-state index contributed by atoms with van der Waals surface area (Å²) in [6, 6.07) is 0.328. The Hall–Kier alpha value is -2.03. The minimum Gasteiger partial charge on any atom is -0.444 e. The molecule has 0 aromatic heterocycles. The third kappa shape index (κ3) is 8.77. The quantitative estimate of drug-likeness (QED) is 0.417. The average Bonchev–Trinajstić information content (AvgIpc) is 3.44. The fraction of sp³-hybridized carbons (Fsp3) is 0.857. The molecule has 1 unspecified atom stereocenters. The maximum atomic E-state index is 12.1. The smallest absolute Gasteiger partial charge is 0.407 e. The largest absolute Gasteiger partial charge is 0.444 e. The number of carbonyl (C=O) groups excluding carboxylic acids is 2. The number of guanidine groups is 1. The maximum absolute atomic E-state index is 12.1. The molecule has 3 N–H and O–H groups in total. The molecule has 1 heterocycles. The van der Waals surface area contributed by atoms with Crippen LogP contribution >= 0.6 is 0 Å². The first-order valence-electron chi connectivity index (χ1n) is 11.0. The highest BCUT2D eigenvalue weighted by atomic mass is 16.6. The van der Waals surface area contributed by atoms with E-state index < -0.39 is 11.7 Å². The van der Waals surface area contributed by atoms with Gasteiger partial charge in [0.15, 0.2) is 5.96 Å². The van der Waals surface area contributed by atoms with Crippen LogP contribution in [-0.2, 0) is 9.53 Å². The van der Waals surface area contributed by atoms with Crippen LogP contribution in [0.3, 0.4) is 0 Å². The van der Waals surface area contributed by atoms with Crippen molar-refractivity contribution in [3.05, 3.63) is 0 Å². The molecular formula is C21H40N6O3. The second kappa shape index (κ2) is 10.8. The number of piperazine rings is 1. The zero-order valence-electron chi connectivity index (χ0n) is 19.5. The molecule has 1 aliphatic heterocycles. The average molecular weight is 425 g/mol. The predicted octanol–water partition coefficient (Wildman–Crippen LogP) is 1.01. The van der Waals surface area contributed by atoms with E-state index in [1.165, 1.54) is 0 Å². The van der Waals surface area contributed by atoms with Gasteiger partial charge in [0.05, 0.1) is 12.6 Å². The van der Waals surface area contributed by atoms with E-state index in [0.717, 1.165) is 45.0 Å². The summed E-state index contributed by atoms with van der Waals surface area (Å²) in [6.45, 7) is 14.0. The van der Waals surface area contributed by atoms with Crippen LogP contribution < -0.4 is 16.0 Å². The Morgan fingerprint density at radius 3 is 2.27 bits per heavy atom. The molecule has 0 radical (unpaired) electrons. The number of alkyl carbamates (subject to hydrolysis) is 1. The third-order valence-corrected chi connectivity index (χ3v) is 5.18. The molecule has 0 spiro atoms. The summed E-state index contributed by atoms with van der Waals surface area (Å²) in [7, 11) is 1.77. The van der Waals surface area contributed by atoms with Crippen LogP contribution in [0.2, 0.25) is 0 Å². The van der Waals surface area contributed by atoms with Gasteiger partial charge >= 0.3 is 6.09 Å². The number of amides is 2. The maximum Gasteiger partial charge on any atom is 0.407 e. The van der Waals surface area contributed by atoms with Gasteiger partial charge in [-0.3, -0.25) is 14.7 Å². The van der Waals surface area contributed by atoms with Gasteiger partial charge in [0.2, 0.25) is 5.91 Å². The van der Waals surface area contributed by atoms with Crippen molar-refractivity contribution in [2.45, 2.75) is 65.1 Å². The van der Waals surface area contributed by atoms with Gasteiger partial charge in [-0.1, -0.05) is 13.8 Å². The SMILES string of the molecule is CN=C(NCC(NC(=O)OC(C)(C)C)C(C)C)N1CCN(CC(=O)NC2CC2)CC1. The fourth-order valence-corrected chi connectivity index (χ4v) is 3.27. The van der Waals surface area contributed by atoms with Gasteiger partial charge in [-0.15, -0.1) is 0 Å². The number of rotatable bonds is 7. The van der Waals surface area contributed by atoms with Gasteiger partial charge in [0, 0.05) is 45.8 Å². The van der Waals surface area contributed by atoms with Crippen molar-refractivity contribution in [2.75, 3.05) is 46.3 Å². The predicted molar refractivity (Wildman–Crippen MR) is 119 cm³/mol. The Balaban J connectivity index is 1.77. The lowest BCUT2D eigenvalue weighted by Gasteiger charge is -2.36. The molecule has 9 nitrogen and oxygen atoms in total. The third-order valence-electron chi connectivity index (χ3n) is 5.18. The summed E-state index contributed by atoms with van der Waals surface area (Å²) < 4.78 is 5.38. The molecule has 172 valence electrons. The lowest BCUT2D eigenvalue weighted by atomic mass is 10.0. The molecule has 0 bridgehead atoms. The van der Waals surface area contributed by atoms with Crippen molar-refractivity contribution in [1.82, 2.24) is 25.8 Å². The molecule has 1 aliphatic carbocycles. The first-order chi connectivity index (χ1) is 14.1. The number of ether oxygens (including phenoxy) is 1. The molecule has 1 saturated carbocycles. The number of aliphatic imine (C=N–C) groups is 1. The molecule has 0 aromatic rings. The first kappa shape index (κ1) is 24.2. The lowest BCUT2D eigenvalue weighted by molar-refractivity contribution is -0.122. The Kier molecular flexibility index (Phi) is 8.76. The summed E-state index contributed by atoms with van der Waals surface area (Å²) in [4.78, 5) is 32.9. The Labute approximate surface area is 181 Å². The molecule has 1 atom stereocenters. The topological polar surface area (TPSA) is 98.3 Å². The molecule has 2 rings (SSSR count). The minimum absolute atomic E-state index is 0.0796. The highest BCUT2D eigenvalue weighted by Gasteiger charge is 2.26. The first-order valence-corrected chi connectivity index (χ1v) is 11.0. The van der Waals surface area contributed by atoms with Crippen molar-refractivity contribution in [3.63, 3.8) is 0 Å². The van der Waals surface area contributed by atoms with Crippen LogP contribution in [0.1, 0.15) is 47.5 Å². The monoisotopic (exact) mass is 424 g/mol. The van der Waals surface area contributed by atoms with Crippen molar-refractivity contribution in [1.29, 1.82) is 0 Å². The molecule has 1 saturated heterocycles. The fourth-order valence-electron chi connectivity index (χ4n) is 3.27. The lowest BCUT2D eigenvalue weighted by Crippen LogP contribution is -2.56. The second-order valence-electron chi connectivity index (χ2n) is 9.53.